The molecule has 1 fully saturated rings. The quantitative estimate of drug-likeness (QED) is 0.778. The molecule has 8 heteroatoms. The number of carbonyl (C=O) groups excluding carboxylic acids is 3. The summed E-state index contributed by atoms with van der Waals surface area (Å²) in [6, 6.07) is 13.0. The van der Waals surface area contributed by atoms with Crippen LogP contribution in [0.3, 0.4) is 0 Å². The number of urea groups is 1. The fourth-order valence-corrected chi connectivity index (χ4v) is 2.94. The second kappa shape index (κ2) is 7.48. The van der Waals surface area contributed by atoms with Crippen molar-refractivity contribution in [1.29, 1.82) is 5.26 Å². The Morgan fingerprint density at radius 1 is 1.18 bits per heavy atom. The van der Waals surface area contributed by atoms with Gasteiger partial charge in [0.15, 0.2) is 0 Å². The summed E-state index contributed by atoms with van der Waals surface area (Å²) in [5.74, 6) is -1.30. The van der Waals surface area contributed by atoms with Crippen molar-refractivity contribution in [2.24, 2.45) is 0 Å². The van der Waals surface area contributed by atoms with Gasteiger partial charge in [-0.3, -0.25) is 14.5 Å². The van der Waals surface area contributed by atoms with E-state index in [0.29, 0.717) is 16.8 Å². The summed E-state index contributed by atoms with van der Waals surface area (Å²) >= 11 is 0. The number of hydrogen-bond donors (Lipinski definition) is 2. The smallest absolute Gasteiger partial charge is 0.325 e. The zero-order valence-electron chi connectivity index (χ0n) is 15.0. The molecule has 7 nitrogen and oxygen atoms in total. The zero-order valence-corrected chi connectivity index (χ0v) is 15.0. The van der Waals surface area contributed by atoms with Crippen LogP contribution in [0.15, 0.2) is 48.5 Å². The molecule has 0 radical (unpaired) electrons. The SMILES string of the molecule is C[C@]1(c2ccc(C#N)cc2)NC(=O)N(CCC(=O)Nc2ccc(F)cc2)C1=O. The van der Waals surface area contributed by atoms with Crippen molar-refractivity contribution in [3.63, 3.8) is 0 Å². The first-order valence-electron chi connectivity index (χ1n) is 8.53. The van der Waals surface area contributed by atoms with Crippen molar-refractivity contribution in [3.05, 3.63) is 65.5 Å². The van der Waals surface area contributed by atoms with E-state index in [2.05, 4.69) is 10.6 Å². The normalized spacial score (nSPS) is 18.5. The number of nitriles is 1. The minimum atomic E-state index is -1.27. The van der Waals surface area contributed by atoms with Crippen LogP contribution in [0.5, 0.6) is 0 Å². The third kappa shape index (κ3) is 3.69. The van der Waals surface area contributed by atoms with Gasteiger partial charge in [-0.05, 0) is 48.9 Å². The average molecular weight is 380 g/mol. The molecule has 1 aliphatic rings. The standard InChI is InChI=1S/C20H17FN4O3/c1-20(14-4-2-13(12-22)3-5-14)18(27)25(19(28)24-20)11-10-17(26)23-16-8-6-15(21)7-9-16/h2-9H,10-11H2,1H3,(H,23,26)(H,24,28)/t20-/m1/s1. The van der Waals surface area contributed by atoms with Crippen LogP contribution in [-0.2, 0) is 15.1 Å². The first-order valence-corrected chi connectivity index (χ1v) is 8.53. The molecule has 0 aromatic heterocycles. The molecule has 0 unspecified atom stereocenters. The number of rotatable bonds is 5. The van der Waals surface area contributed by atoms with Gasteiger partial charge in [0.1, 0.15) is 11.4 Å². The van der Waals surface area contributed by atoms with E-state index >= 15 is 0 Å². The van der Waals surface area contributed by atoms with E-state index < -0.39 is 29.2 Å². The van der Waals surface area contributed by atoms with E-state index in [9.17, 15) is 18.8 Å². The van der Waals surface area contributed by atoms with Crippen LogP contribution in [-0.4, -0.2) is 29.3 Å². The van der Waals surface area contributed by atoms with Gasteiger partial charge in [0, 0.05) is 18.7 Å². The Bertz CT molecular complexity index is 966. The molecule has 1 saturated heterocycles. The lowest BCUT2D eigenvalue weighted by molar-refractivity contribution is -0.131. The Morgan fingerprint density at radius 2 is 1.82 bits per heavy atom. The lowest BCUT2D eigenvalue weighted by Gasteiger charge is -2.22. The zero-order chi connectivity index (χ0) is 20.3. The molecule has 0 aliphatic carbocycles. The molecule has 3 rings (SSSR count). The molecule has 0 bridgehead atoms. The van der Waals surface area contributed by atoms with E-state index in [1.54, 1.807) is 31.2 Å². The first-order chi connectivity index (χ1) is 13.3. The van der Waals surface area contributed by atoms with Crippen LogP contribution >= 0.6 is 0 Å². The Morgan fingerprint density at radius 3 is 2.43 bits per heavy atom. The second-order valence-corrected chi connectivity index (χ2v) is 6.51. The molecule has 0 saturated carbocycles. The molecule has 1 aliphatic heterocycles. The van der Waals surface area contributed by atoms with Gasteiger partial charge in [0.25, 0.3) is 5.91 Å². The second-order valence-electron chi connectivity index (χ2n) is 6.51. The van der Waals surface area contributed by atoms with Gasteiger partial charge in [-0.25, -0.2) is 9.18 Å². The number of anilines is 1. The van der Waals surface area contributed by atoms with Gasteiger partial charge in [-0.1, -0.05) is 12.1 Å². The van der Waals surface area contributed by atoms with Crippen molar-refractivity contribution in [2.45, 2.75) is 18.9 Å². The van der Waals surface area contributed by atoms with Crippen LogP contribution in [0.4, 0.5) is 14.9 Å². The molecule has 2 aromatic carbocycles. The Kier molecular flexibility index (Phi) is 5.09. The summed E-state index contributed by atoms with van der Waals surface area (Å²) in [5, 5.41) is 14.1. The molecule has 1 atom stereocenters. The summed E-state index contributed by atoms with van der Waals surface area (Å²) < 4.78 is 12.9. The molecule has 1 heterocycles. The number of amides is 4. The van der Waals surface area contributed by atoms with Gasteiger partial charge < -0.3 is 10.6 Å². The van der Waals surface area contributed by atoms with Gasteiger partial charge in [0.05, 0.1) is 11.6 Å². The summed E-state index contributed by atoms with van der Waals surface area (Å²) in [7, 11) is 0. The number of halogens is 1. The van der Waals surface area contributed by atoms with Crippen LogP contribution in [0.25, 0.3) is 0 Å². The summed E-state index contributed by atoms with van der Waals surface area (Å²) in [5.41, 5.74) is 0.144. The number of benzene rings is 2. The highest BCUT2D eigenvalue weighted by Crippen LogP contribution is 2.29. The average Bonchev–Trinajstić information content (AvgIpc) is 2.91. The predicted octanol–water partition coefficient (Wildman–Crippen LogP) is 2.49. The predicted molar refractivity (Wildman–Crippen MR) is 98.4 cm³/mol. The minimum Gasteiger partial charge on any atom is -0.326 e. The fraction of sp³-hybridized carbons (Fsp3) is 0.200. The van der Waals surface area contributed by atoms with Crippen LogP contribution < -0.4 is 10.6 Å². The molecule has 28 heavy (non-hydrogen) atoms. The van der Waals surface area contributed by atoms with Crippen LogP contribution in [0, 0.1) is 17.1 Å². The van der Waals surface area contributed by atoms with Gasteiger partial charge >= 0.3 is 6.03 Å². The molecular formula is C20H17FN4O3. The summed E-state index contributed by atoms with van der Waals surface area (Å²) in [6.07, 6.45) is -0.0972. The monoisotopic (exact) mass is 380 g/mol. The van der Waals surface area contributed by atoms with Gasteiger partial charge in [-0.2, -0.15) is 5.26 Å². The summed E-state index contributed by atoms with van der Waals surface area (Å²) in [6.45, 7) is 1.48. The van der Waals surface area contributed by atoms with E-state index in [1.807, 2.05) is 6.07 Å². The van der Waals surface area contributed by atoms with Crippen molar-refractivity contribution in [2.75, 3.05) is 11.9 Å². The number of carbonyl (C=O) groups is 3. The largest absolute Gasteiger partial charge is 0.326 e. The highest BCUT2D eigenvalue weighted by atomic mass is 19.1. The number of nitrogens with one attached hydrogen (secondary N) is 2. The number of nitrogens with zero attached hydrogens (tertiary/aromatic N) is 2. The third-order valence-electron chi connectivity index (χ3n) is 4.56. The first kappa shape index (κ1) is 19.0. The maximum atomic E-state index is 12.9. The maximum Gasteiger partial charge on any atom is 0.325 e. The van der Waals surface area contributed by atoms with Gasteiger partial charge in [0.2, 0.25) is 5.91 Å². The third-order valence-corrected chi connectivity index (χ3v) is 4.56. The molecule has 2 aromatic rings. The van der Waals surface area contributed by atoms with Crippen molar-refractivity contribution < 1.29 is 18.8 Å². The molecule has 4 amide bonds. The Labute approximate surface area is 160 Å². The highest BCUT2D eigenvalue weighted by molar-refractivity contribution is 6.07. The van der Waals surface area contributed by atoms with E-state index in [-0.39, 0.29) is 13.0 Å². The van der Waals surface area contributed by atoms with Crippen LogP contribution in [0.2, 0.25) is 0 Å². The van der Waals surface area contributed by atoms with E-state index in [0.717, 1.165) is 4.90 Å². The topological polar surface area (TPSA) is 102 Å². The van der Waals surface area contributed by atoms with E-state index in [4.69, 9.17) is 5.26 Å². The minimum absolute atomic E-state index is 0.0937. The van der Waals surface area contributed by atoms with Crippen molar-refractivity contribution >= 4 is 23.5 Å². The van der Waals surface area contributed by atoms with Crippen LogP contribution in [0.1, 0.15) is 24.5 Å². The van der Waals surface area contributed by atoms with Crippen molar-refractivity contribution in [1.82, 2.24) is 10.2 Å². The summed E-state index contributed by atoms with van der Waals surface area (Å²) in [4.78, 5) is 38.1. The lowest BCUT2D eigenvalue weighted by Crippen LogP contribution is -2.41. The fourth-order valence-electron chi connectivity index (χ4n) is 2.94. The molecule has 0 spiro atoms. The maximum absolute atomic E-state index is 12.9. The lowest BCUT2D eigenvalue weighted by atomic mass is 9.91. The van der Waals surface area contributed by atoms with E-state index in [1.165, 1.54) is 24.3 Å². The Hall–Kier alpha value is -3.73. The number of hydrogen-bond acceptors (Lipinski definition) is 4. The molecule has 142 valence electrons. The highest BCUT2D eigenvalue weighted by Gasteiger charge is 2.48. The molecular weight excluding hydrogens is 363 g/mol. The molecule has 2 N–H and O–H groups in total. The number of imide groups is 1. The van der Waals surface area contributed by atoms with Crippen molar-refractivity contribution in [3.8, 4) is 6.07 Å². The Balaban J connectivity index is 1.65. The van der Waals surface area contributed by atoms with Gasteiger partial charge in [-0.15, -0.1) is 0 Å².